The predicted octanol–water partition coefficient (Wildman–Crippen LogP) is 11.8. The molecule has 0 aromatic heterocycles. The second-order valence-corrected chi connectivity index (χ2v) is 16.3. The van der Waals surface area contributed by atoms with E-state index >= 15 is 0 Å². The van der Waals surface area contributed by atoms with Crippen LogP contribution in [0.4, 0.5) is 0 Å². The molecule has 53 heavy (non-hydrogen) atoms. The molecule has 0 amide bonds. The third kappa shape index (κ3) is 38.8. The Morgan fingerprint density at radius 1 is 0.585 bits per heavy atom. The summed E-state index contributed by atoms with van der Waals surface area (Å²) in [5.41, 5.74) is 5.35. The highest BCUT2D eigenvalue weighted by Gasteiger charge is 2.27. The molecule has 0 rings (SSSR count). The van der Waals surface area contributed by atoms with E-state index in [1.807, 2.05) is 0 Å². The van der Waals surface area contributed by atoms with Crippen molar-refractivity contribution >= 4 is 19.8 Å². The van der Waals surface area contributed by atoms with Gasteiger partial charge >= 0.3 is 19.8 Å². The summed E-state index contributed by atoms with van der Waals surface area (Å²) in [5.74, 6) is -1.78. The van der Waals surface area contributed by atoms with Gasteiger partial charge in [0.05, 0.1) is 19.8 Å². The summed E-state index contributed by atoms with van der Waals surface area (Å²) in [6.45, 7) is 3.86. The van der Waals surface area contributed by atoms with Gasteiger partial charge < -0.3 is 25.2 Å². The average Bonchev–Trinajstić information content (AvgIpc) is 3.13. The minimum Gasteiger partial charge on any atom is -0.480 e. The van der Waals surface area contributed by atoms with E-state index in [2.05, 4.69) is 26.0 Å². The fourth-order valence-electron chi connectivity index (χ4n) is 6.11. The number of unbranched alkanes of at least 4 members (excludes halogenated alkanes) is 26. The standard InChI is InChI=1S/C42H82NO9P/c1-3-5-7-9-11-13-15-16-17-18-19-20-21-22-23-25-27-29-31-33-35-49-36-39(37-50-53(47,48)51-38-40(43)42(45)46)52-41(44)34-32-30-28-26-24-14-12-10-8-6-4-2/h10,12,39-40H,3-9,11,13-38,43H2,1-2H3,(H,45,46)(H,47,48)/b12-10-. The minimum absolute atomic E-state index is 0.0191. The molecule has 3 atom stereocenters. The van der Waals surface area contributed by atoms with Crippen molar-refractivity contribution in [3.63, 3.8) is 0 Å². The molecule has 4 N–H and O–H groups in total. The Morgan fingerprint density at radius 3 is 1.49 bits per heavy atom. The highest BCUT2D eigenvalue weighted by atomic mass is 31.2. The second kappa shape index (κ2) is 39.0. The number of phosphoric acid groups is 1. The average molecular weight is 776 g/mol. The fraction of sp³-hybridized carbons (Fsp3) is 0.905. The number of aliphatic carboxylic acids is 1. The molecule has 0 spiro atoms. The van der Waals surface area contributed by atoms with E-state index < -0.39 is 45.1 Å². The molecule has 0 saturated carbocycles. The monoisotopic (exact) mass is 776 g/mol. The smallest absolute Gasteiger partial charge is 0.472 e. The molecule has 11 heteroatoms. The van der Waals surface area contributed by atoms with Gasteiger partial charge in [0.2, 0.25) is 0 Å². The van der Waals surface area contributed by atoms with Crippen molar-refractivity contribution in [2.75, 3.05) is 26.4 Å². The first-order chi connectivity index (χ1) is 25.7. The number of allylic oxidation sites excluding steroid dienone is 2. The Morgan fingerprint density at radius 2 is 1.00 bits per heavy atom. The van der Waals surface area contributed by atoms with E-state index in [1.54, 1.807) is 0 Å². The van der Waals surface area contributed by atoms with Crippen LogP contribution in [0.2, 0.25) is 0 Å². The summed E-state index contributed by atoms with van der Waals surface area (Å²) < 4.78 is 33.3. The van der Waals surface area contributed by atoms with Crippen molar-refractivity contribution in [2.45, 2.75) is 219 Å². The van der Waals surface area contributed by atoms with Gasteiger partial charge in [0.25, 0.3) is 0 Å². The van der Waals surface area contributed by atoms with Crippen LogP contribution in [0, 0.1) is 0 Å². The molecule has 10 nitrogen and oxygen atoms in total. The van der Waals surface area contributed by atoms with Gasteiger partial charge in [-0.05, 0) is 32.1 Å². The van der Waals surface area contributed by atoms with Crippen LogP contribution in [0.25, 0.3) is 0 Å². The molecule has 3 unspecified atom stereocenters. The number of carboxylic acids is 1. The van der Waals surface area contributed by atoms with Crippen LogP contribution in [0.15, 0.2) is 12.2 Å². The first kappa shape index (κ1) is 51.7. The van der Waals surface area contributed by atoms with Crippen LogP contribution in [-0.4, -0.2) is 60.5 Å². The molecule has 0 heterocycles. The topological polar surface area (TPSA) is 155 Å². The summed E-state index contributed by atoms with van der Waals surface area (Å²) in [7, 11) is -4.61. The summed E-state index contributed by atoms with van der Waals surface area (Å²) in [6.07, 6.45) is 39.9. The van der Waals surface area contributed by atoms with Gasteiger partial charge in [-0.25, -0.2) is 4.57 Å². The molecule has 0 aromatic rings. The van der Waals surface area contributed by atoms with Crippen molar-refractivity contribution in [3.8, 4) is 0 Å². The highest BCUT2D eigenvalue weighted by Crippen LogP contribution is 2.43. The van der Waals surface area contributed by atoms with Crippen molar-refractivity contribution in [1.82, 2.24) is 0 Å². The zero-order chi connectivity index (χ0) is 39.1. The summed E-state index contributed by atoms with van der Waals surface area (Å²) >= 11 is 0. The molecule has 0 fully saturated rings. The zero-order valence-electron chi connectivity index (χ0n) is 34.1. The maximum Gasteiger partial charge on any atom is 0.472 e. The number of hydrogen-bond donors (Lipinski definition) is 3. The van der Waals surface area contributed by atoms with Crippen LogP contribution in [0.1, 0.15) is 206 Å². The van der Waals surface area contributed by atoms with Gasteiger partial charge in [0.15, 0.2) is 0 Å². The van der Waals surface area contributed by atoms with Crippen LogP contribution in [0.5, 0.6) is 0 Å². The number of esters is 1. The number of carbonyl (C=O) groups excluding carboxylic acids is 1. The SMILES string of the molecule is CCCC/C=C\CCCCCCCC(=O)OC(COCCCCCCCCCCCCCCCCCCCCCC)COP(=O)(O)OCC(N)C(=O)O. The van der Waals surface area contributed by atoms with Crippen molar-refractivity contribution in [3.05, 3.63) is 12.2 Å². The fourth-order valence-corrected chi connectivity index (χ4v) is 6.89. The second-order valence-electron chi connectivity index (χ2n) is 14.8. The van der Waals surface area contributed by atoms with Crippen molar-refractivity contribution < 1.29 is 42.7 Å². The first-order valence-electron chi connectivity index (χ1n) is 21.7. The Bertz CT molecular complexity index is 904. The Balaban J connectivity index is 4.12. The molecule has 0 aromatic carbocycles. The lowest BCUT2D eigenvalue weighted by Gasteiger charge is -2.20. The van der Waals surface area contributed by atoms with E-state index in [9.17, 15) is 19.0 Å². The molecule has 314 valence electrons. The number of rotatable bonds is 42. The molecular formula is C42H82NO9P. The molecule has 0 radical (unpaired) electrons. The van der Waals surface area contributed by atoms with Gasteiger partial charge in [0, 0.05) is 13.0 Å². The Kier molecular flexibility index (Phi) is 38.0. The molecule has 0 saturated heterocycles. The van der Waals surface area contributed by atoms with Crippen molar-refractivity contribution in [2.24, 2.45) is 5.73 Å². The van der Waals surface area contributed by atoms with E-state index in [0.717, 1.165) is 57.8 Å². The van der Waals surface area contributed by atoms with Gasteiger partial charge in [0.1, 0.15) is 12.1 Å². The first-order valence-corrected chi connectivity index (χ1v) is 23.2. The zero-order valence-corrected chi connectivity index (χ0v) is 35.0. The lowest BCUT2D eigenvalue weighted by molar-refractivity contribution is -0.154. The van der Waals surface area contributed by atoms with Gasteiger partial charge in [-0.2, -0.15) is 0 Å². The molecule has 0 aliphatic rings. The quantitative estimate of drug-likeness (QED) is 0.0236. The van der Waals surface area contributed by atoms with Crippen LogP contribution < -0.4 is 5.73 Å². The summed E-state index contributed by atoms with van der Waals surface area (Å²) in [6, 6.07) is -1.47. The predicted molar refractivity (Wildman–Crippen MR) is 217 cm³/mol. The normalized spacial score (nSPS) is 14.0. The molecule has 0 aliphatic heterocycles. The van der Waals surface area contributed by atoms with E-state index in [4.69, 9.17) is 29.4 Å². The van der Waals surface area contributed by atoms with E-state index in [1.165, 1.54) is 122 Å². The third-order valence-corrected chi connectivity index (χ3v) is 10.5. The van der Waals surface area contributed by atoms with E-state index in [0.29, 0.717) is 13.0 Å². The highest BCUT2D eigenvalue weighted by molar-refractivity contribution is 7.47. The molecule has 0 aliphatic carbocycles. The lowest BCUT2D eigenvalue weighted by atomic mass is 10.0. The Labute approximate surface area is 324 Å². The number of carbonyl (C=O) groups is 2. The van der Waals surface area contributed by atoms with Crippen LogP contribution >= 0.6 is 7.82 Å². The maximum absolute atomic E-state index is 12.6. The third-order valence-electron chi connectivity index (χ3n) is 9.54. The van der Waals surface area contributed by atoms with Crippen LogP contribution in [0.3, 0.4) is 0 Å². The van der Waals surface area contributed by atoms with Crippen LogP contribution in [-0.2, 0) is 32.7 Å². The number of hydrogen-bond acceptors (Lipinski definition) is 8. The number of carboxylic acid groups (broad SMARTS) is 1. The summed E-state index contributed by atoms with van der Waals surface area (Å²) in [5, 5.41) is 8.88. The Hall–Kier alpha value is -1.29. The molecule has 0 bridgehead atoms. The van der Waals surface area contributed by atoms with Crippen molar-refractivity contribution in [1.29, 1.82) is 0 Å². The van der Waals surface area contributed by atoms with E-state index in [-0.39, 0.29) is 13.0 Å². The number of phosphoric ester groups is 1. The van der Waals surface area contributed by atoms with Gasteiger partial charge in [-0.3, -0.25) is 18.6 Å². The number of ether oxygens (including phenoxy) is 2. The van der Waals surface area contributed by atoms with Gasteiger partial charge in [-0.1, -0.05) is 180 Å². The minimum atomic E-state index is -4.61. The van der Waals surface area contributed by atoms with Gasteiger partial charge in [-0.15, -0.1) is 0 Å². The largest absolute Gasteiger partial charge is 0.480 e. The number of nitrogens with two attached hydrogens (primary N) is 1. The molecular weight excluding hydrogens is 693 g/mol. The summed E-state index contributed by atoms with van der Waals surface area (Å²) in [4.78, 5) is 33.4. The maximum atomic E-state index is 12.6. The lowest BCUT2D eigenvalue weighted by Crippen LogP contribution is -2.34.